The molecule has 1 atom stereocenters. The number of hydrogen-bond donors (Lipinski definition) is 1. The van der Waals surface area contributed by atoms with E-state index in [0.717, 1.165) is 25.0 Å². The van der Waals surface area contributed by atoms with Crippen LogP contribution in [0, 0.1) is 11.8 Å². The van der Waals surface area contributed by atoms with Gasteiger partial charge in [0.25, 0.3) is 0 Å². The summed E-state index contributed by atoms with van der Waals surface area (Å²) in [5, 5.41) is 3.51. The highest BCUT2D eigenvalue weighted by Gasteiger charge is 2.13. The lowest BCUT2D eigenvalue weighted by Gasteiger charge is -2.16. The number of nitrogens with one attached hydrogen (secondary N) is 1. The first kappa shape index (κ1) is 14.0. The molecule has 0 radical (unpaired) electrons. The predicted octanol–water partition coefficient (Wildman–Crippen LogP) is 3.22. The van der Waals surface area contributed by atoms with E-state index in [1.807, 2.05) is 0 Å². The van der Waals surface area contributed by atoms with Crippen LogP contribution in [0.2, 0.25) is 0 Å². The van der Waals surface area contributed by atoms with Crippen molar-refractivity contribution in [2.24, 2.45) is 11.8 Å². The molecule has 0 bridgehead atoms. The van der Waals surface area contributed by atoms with Gasteiger partial charge < -0.3 is 10.1 Å². The lowest BCUT2D eigenvalue weighted by atomic mass is 10.1. The largest absolute Gasteiger partial charge is 0.377 e. The predicted molar refractivity (Wildman–Crippen MR) is 69.7 cm³/mol. The molecule has 96 valence electrons. The van der Waals surface area contributed by atoms with Gasteiger partial charge in [0.1, 0.15) is 0 Å². The normalized spacial score (nSPS) is 19.5. The highest BCUT2D eigenvalue weighted by atomic mass is 16.5. The molecule has 0 aromatic heterocycles. The van der Waals surface area contributed by atoms with E-state index in [4.69, 9.17) is 4.74 Å². The highest BCUT2D eigenvalue weighted by Crippen LogP contribution is 2.23. The van der Waals surface area contributed by atoms with E-state index < -0.39 is 0 Å². The summed E-state index contributed by atoms with van der Waals surface area (Å²) in [6, 6.07) is 0. The van der Waals surface area contributed by atoms with Crippen LogP contribution in [-0.4, -0.2) is 25.8 Å². The van der Waals surface area contributed by atoms with Crippen molar-refractivity contribution < 1.29 is 4.74 Å². The van der Waals surface area contributed by atoms with Gasteiger partial charge in [-0.15, -0.1) is 0 Å². The summed E-state index contributed by atoms with van der Waals surface area (Å²) in [7, 11) is 0. The Morgan fingerprint density at radius 1 is 1.19 bits per heavy atom. The molecule has 16 heavy (non-hydrogen) atoms. The second-order valence-corrected chi connectivity index (χ2v) is 5.67. The van der Waals surface area contributed by atoms with Crippen molar-refractivity contribution in [2.45, 2.75) is 59.0 Å². The second-order valence-electron chi connectivity index (χ2n) is 5.67. The van der Waals surface area contributed by atoms with Gasteiger partial charge in [-0.05, 0) is 44.6 Å². The highest BCUT2D eigenvalue weighted by molar-refractivity contribution is 4.69. The molecule has 0 saturated heterocycles. The van der Waals surface area contributed by atoms with Crippen molar-refractivity contribution in [2.75, 3.05) is 19.7 Å². The van der Waals surface area contributed by atoms with Crippen LogP contribution in [0.25, 0.3) is 0 Å². The molecule has 1 rings (SSSR count). The van der Waals surface area contributed by atoms with Gasteiger partial charge >= 0.3 is 0 Å². The maximum atomic E-state index is 5.76. The topological polar surface area (TPSA) is 21.3 Å². The van der Waals surface area contributed by atoms with E-state index in [-0.39, 0.29) is 0 Å². The number of rotatable bonds is 8. The molecule has 1 aliphatic carbocycles. The monoisotopic (exact) mass is 227 g/mol. The summed E-state index contributed by atoms with van der Waals surface area (Å²) >= 11 is 0. The Bertz CT molecular complexity index is 164. The molecule has 0 aromatic rings. The van der Waals surface area contributed by atoms with Gasteiger partial charge in [0.15, 0.2) is 0 Å². The molecule has 2 heteroatoms. The van der Waals surface area contributed by atoms with E-state index in [9.17, 15) is 0 Å². The first-order valence-corrected chi connectivity index (χ1v) is 7.00. The van der Waals surface area contributed by atoms with E-state index in [1.165, 1.54) is 38.6 Å². The zero-order valence-electron chi connectivity index (χ0n) is 11.3. The van der Waals surface area contributed by atoms with Crippen LogP contribution < -0.4 is 5.32 Å². The lowest BCUT2D eigenvalue weighted by molar-refractivity contribution is 0.0536. The maximum absolute atomic E-state index is 5.76. The second kappa shape index (κ2) is 8.08. The minimum Gasteiger partial charge on any atom is -0.377 e. The summed E-state index contributed by atoms with van der Waals surface area (Å²) in [6.07, 6.45) is 7.31. The third-order valence-electron chi connectivity index (χ3n) is 3.39. The molecule has 1 saturated carbocycles. The fourth-order valence-corrected chi connectivity index (χ4v) is 2.58. The van der Waals surface area contributed by atoms with Crippen molar-refractivity contribution in [3.05, 3.63) is 0 Å². The molecular weight excluding hydrogens is 198 g/mol. The van der Waals surface area contributed by atoms with Crippen molar-refractivity contribution in [1.29, 1.82) is 0 Å². The Labute approximate surface area is 101 Å². The van der Waals surface area contributed by atoms with E-state index in [1.54, 1.807) is 0 Å². The molecule has 2 nitrogen and oxygen atoms in total. The van der Waals surface area contributed by atoms with Crippen LogP contribution in [0.1, 0.15) is 52.9 Å². The van der Waals surface area contributed by atoms with Gasteiger partial charge in [-0.2, -0.15) is 0 Å². The zero-order valence-corrected chi connectivity index (χ0v) is 11.3. The van der Waals surface area contributed by atoms with Crippen molar-refractivity contribution in [1.82, 2.24) is 5.32 Å². The van der Waals surface area contributed by atoms with Gasteiger partial charge in [0.05, 0.1) is 12.7 Å². The first-order valence-electron chi connectivity index (χ1n) is 7.00. The lowest BCUT2D eigenvalue weighted by Crippen LogP contribution is -2.26. The Morgan fingerprint density at radius 3 is 2.50 bits per heavy atom. The Balaban J connectivity index is 1.87. The van der Waals surface area contributed by atoms with Crippen LogP contribution in [0.15, 0.2) is 0 Å². The zero-order chi connectivity index (χ0) is 11.8. The average Bonchev–Trinajstić information content (AvgIpc) is 2.68. The maximum Gasteiger partial charge on any atom is 0.0594 e. The minimum absolute atomic E-state index is 0.410. The molecule has 0 aliphatic heterocycles. The van der Waals surface area contributed by atoms with Gasteiger partial charge in [0.2, 0.25) is 0 Å². The molecule has 0 amide bonds. The number of hydrogen-bond acceptors (Lipinski definition) is 2. The van der Waals surface area contributed by atoms with Crippen LogP contribution >= 0.6 is 0 Å². The quantitative estimate of drug-likeness (QED) is 0.643. The van der Waals surface area contributed by atoms with Crippen LogP contribution in [0.3, 0.4) is 0 Å². The van der Waals surface area contributed by atoms with Crippen molar-refractivity contribution in [3.63, 3.8) is 0 Å². The average molecular weight is 227 g/mol. The third kappa shape index (κ3) is 6.49. The minimum atomic E-state index is 0.410. The van der Waals surface area contributed by atoms with Gasteiger partial charge in [-0.1, -0.05) is 26.7 Å². The van der Waals surface area contributed by atoms with Crippen molar-refractivity contribution >= 4 is 0 Å². The van der Waals surface area contributed by atoms with Crippen LogP contribution in [0.5, 0.6) is 0 Å². The summed E-state index contributed by atoms with van der Waals surface area (Å²) < 4.78 is 5.76. The Morgan fingerprint density at radius 2 is 1.88 bits per heavy atom. The van der Waals surface area contributed by atoms with Crippen LogP contribution in [0.4, 0.5) is 0 Å². The summed E-state index contributed by atoms with van der Waals surface area (Å²) in [5.41, 5.74) is 0. The summed E-state index contributed by atoms with van der Waals surface area (Å²) in [4.78, 5) is 0. The molecule has 1 fully saturated rings. The molecule has 0 heterocycles. The van der Waals surface area contributed by atoms with E-state index >= 15 is 0 Å². The molecule has 1 aliphatic rings. The molecule has 1 unspecified atom stereocenters. The molecular formula is C14H29NO. The SMILES string of the molecule is CC(C)CC(C)OCCNCC1CCCC1. The van der Waals surface area contributed by atoms with Gasteiger partial charge in [-0.3, -0.25) is 0 Å². The van der Waals surface area contributed by atoms with Crippen LogP contribution in [-0.2, 0) is 4.74 Å². The standard InChI is InChI=1S/C14H29NO/c1-12(2)10-13(3)16-9-8-15-11-14-6-4-5-7-14/h12-15H,4-11H2,1-3H3. The Hall–Kier alpha value is -0.0800. The summed E-state index contributed by atoms with van der Waals surface area (Å²) in [6.45, 7) is 9.74. The molecule has 1 N–H and O–H groups in total. The third-order valence-corrected chi connectivity index (χ3v) is 3.39. The smallest absolute Gasteiger partial charge is 0.0594 e. The van der Waals surface area contributed by atoms with E-state index in [0.29, 0.717) is 6.10 Å². The Kier molecular flexibility index (Phi) is 7.06. The van der Waals surface area contributed by atoms with Crippen molar-refractivity contribution in [3.8, 4) is 0 Å². The number of ether oxygens (including phenoxy) is 1. The first-order chi connectivity index (χ1) is 7.68. The molecule has 0 spiro atoms. The van der Waals surface area contributed by atoms with Gasteiger partial charge in [0, 0.05) is 6.54 Å². The van der Waals surface area contributed by atoms with E-state index in [2.05, 4.69) is 26.1 Å². The van der Waals surface area contributed by atoms with Gasteiger partial charge in [-0.25, -0.2) is 0 Å². The summed E-state index contributed by atoms with van der Waals surface area (Å²) in [5.74, 6) is 1.68. The molecule has 0 aromatic carbocycles. The fourth-order valence-electron chi connectivity index (χ4n) is 2.58. The fraction of sp³-hybridized carbons (Fsp3) is 1.00.